The fourth-order valence-electron chi connectivity index (χ4n) is 3.51. The lowest BCUT2D eigenvalue weighted by atomic mass is 9.95. The second kappa shape index (κ2) is 7.02. The summed E-state index contributed by atoms with van der Waals surface area (Å²) in [7, 11) is 0. The fourth-order valence-corrected chi connectivity index (χ4v) is 3.51. The summed E-state index contributed by atoms with van der Waals surface area (Å²) >= 11 is 0. The first kappa shape index (κ1) is 16.5. The van der Waals surface area contributed by atoms with E-state index in [9.17, 15) is 19.7 Å². The predicted octanol–water partition coefficient (Wildman–Crippen LogP) is 2.24. The van der Waals surface area contributed by atoms with Crippen molar-refractivity contribution in [2.45, 2.75) is 57.0 Å². The van der Waals surface area contributed by atoms with Crippen molar-refractivity contribution in [2.75, 3.05) is 6.54 Å². The molecule has 1 saturated carbocycles. The quantitative estimate of drug-likeness (QED) is 0.671. The minimum Gasteiger partial charge on any atom is -0.395 e. The van der Waals surface area contributed by atoms with Gasteiger partial charge in [-0.25, -0.2) is 0 Å². The Morgan fingerprint density at radius 2 is 1.92 bits per heavy atom. The van der Waals surface area contributed by atoms with Crippen molar-refractivity contribution < 1.29 is 18.9 Å². The number of nitrogens with one attached hydrogen (secondary N) is 1. The van der Waals surface area contributed by atoms with Crippen LogP contribution in [-0.4, -0.2) is 40.3 Å². The van der Waals surface area contributed by atoms with Gasteiger partial charge in [0.15, 0.2) is 5.76 Å². The molecule has 1 aromatic rings. The summed E-state index contributed by atoms with van der Waals surface area (Å²) < 4.78 is 4.98. The Balaban J connectivity index is 1.66. The van der Waals surface area contributed by atoms with Gasteiger partial charge in [-0.2, -0.15) is 0 Å². The second-order valence-corrected chi connectivity index (χ2v) is 6.40. The largest absolute Gasteiger partial charge is 0.433 e. The molecule has 8 heteroatoms. The highest BCUT2D eigenvalue weighted by atomic mass is 16.6. The zero-order valence-electron chi connectivity index (χ0n) is 13.4. The van der Waals surface area contributed by atoms with Crippen LogP contribution in [0.25, 0.3) is 0 Å². The normalized spacial score (nSPS) is 21.7. The van der Waals surface area contributed by atoms with Crippen LogP contribution < -0.4 is 5.32 Å². The average molecular weight is 335 g/mol. The van der Waals surface area contributed by atoms with Crippen LogP contribution in [-0.2, 0) is 4.79 Å². The van der Waals surface area contributed by atoms with E-state index in [4.69, 9.17) is 4.42 Å². The van der Waals surface area contributed by atoms with Crippen LogP contribution in [0.4, 0.5) is 5.88 Å². The molecule has 2 aliphatic rings. The third kappa shape index (κ3) is 3.42. The van der Waals surface area contributed by atoms with Crippen LogP contribution in [0.5, 0.6) is 0 Å². The van der Waals surface area contributed by atoms with Gasteiger partial charge in [-0.1, -0.05) is 19.3 Å². The Labute approximate surface area is 139 Å². The molecule has 1 N–H and O–H groups in total. The Bertz CT molecular complexity index is 635. The molecule has 3 rings (SSSR count). The Hall–Kier alpha value is -2.38. The van der Waals surface area contributed by atoms with Gasteiger partial charge >= 0.3 is 5.88 Å². The maximum absolute atomic E-state index is 12.5. The van der Waals surface area contributed by atoms with Crippen LogP contribution in [0.15, 0.2) is 16.5 Å². The molecule has 1 saturated heterocycles. The van der Waals surface area contributed by atoms with E-state index >= 15 is 0 Å². The summed E-state index contributed by atoms with van der Waals surface area (Å²) in [4.78, 5) is 36.5. The van der Waals surface area contributed by atoms with Gasteiger partial charge in [0.1, 0.15) is 11.0 Å². The van der Waals surface area contributed by atoms with E-state index in [2.05, 4.69) is 5.32 Å². The van der Waals surface area contributed by atoms with E-state index in [0.29, 0.717) is 13.0 Å². The molecule has 24 heavy (non-hydrogen) atoms. The number of likely N-dealkylation sites (tertiary alicyclic amines) is 1. The third-order valence-corrected chi connectivity index (χ3v) is 4.75. The minimum atomic E-state index is -0.686. The van der Waals surface area contributed by atoms with Gasteiger partial charge in [-0.05, 0) is 31.7 Å². The van der Waals surface area contributed by atoms with Gasteiger partial charge in [0.25, 0.3) is 5.91 Å². The monoisotopic (exact) mass is 335 g/mol. The smallest absolute Gasteiger partial charge is 0.395 e. The molecular formula is C16H21N3O5. The van der Waals surface area contributed by atoms with Crippen molar-refractivity contribution in [3.63, 3.8) is 0 Å². The van der Waals surface area contributed by atoms with Crippen LogP contribution in [0.1, 0.15) is 55.5 Å². The number of hydrogen-bond acceptors (Lipinski definition) is 5. The zero-order chi connectivity index (χ0) is 17.1. The molecule has 2 heterocycles. The maximum Gasteiger partial charge on any atom is 0.433 e. The van der Waals surface area contributed by atoms with Crippen molar-refractivity contribution in [1.29, 1.82) is 0 Å². The van der Waals surface area contributed by atoms with Crippen LogP contribution >= 0.6 is 0 Å². The maximum atomic E-state index is 12.5. The Morgan fingerprint density at radius 1 is 1.17 bits per heavy atom. The predicted molar refractivity (Wildman–Crippen MR) is 84.4 cm³/mol. The van der Waals surface area contributed by atoms with Crippen molar-refractivity contribution in [1.82, 2.24) is 10.2 Å². The van der Waals surface area contributed by atoms with Crippen molar-refractivity contribution in [3.05, 3.63) is 28.0 Å². The van der Waals surface area contributed by atoms with Crippen LogP contribution in [0, 0.1) is 10.1 Å². The van der Waals surface area contributed by atoms with Gasteiger partial charge < -0.3 is 14.6 Å². The van der Waals surface area contributed by atoms with E-state index in [0.717, 1.165) is 38.2 Å². The summed E-state index contributed by atoms with van der Waals surface area (Å²) in [5.41, 5.74) is 0. The molecule has 1 unspecified atom stereocenters. The number of carbonyl (C=O) groups is 2. The molecule has 1 aromatic heterocycles. The molecule has 0 aromatic carbocycles. The summed E-state index contributed by atoms with van der Waals surface area (Å²) in [6, 6.07) is 2.10. The van der Waals surface area contributed by atoms with Crippen LogP contribution in [0.2, 0.25) is 0 Å². The van der Waals surface area contributed by atoms with Gasteiger partial charge in [0, 0.05) is 12.6 Å². The van der Waals surface area contributed by atoms with Gasteiger partial charge in [-0.3, -0.25) is 19.7 Å². The fraction of sp³-hybridized carbons (Fsp3) is 0.625. The third-order valence-electron chi connectivity index (χ3n) is 4.75. The van der Waals surface area contributed by atoms with Crippen LogP contribution in [0.3, 0.4) is 0 Å². The van der Waals surface area contributed by atoms with Crippen molar-refractivity contribution in [2.24, 2.45) is 0 Å². The molecule has 130 valence electrons. The molecular weight excluding hydrogens is 314 g/mol. The molecule has 2 amide bonds. The second-order valence-electron chi connectivity index (χ2n) is 6.40. The molecule has 1 atom stereocenters. The van der Waals surface area contributed by atoms with Gasteiger partial charge in [0.2, 0.25) is 5.91 Å². The minimum absolute atomic E-state index is 0.0981. The van der Waals surface area contributed by atoms with Crippen molar-refractivity contribution in [3.8, 4) is 0 Å². The molecule has 2 fully saturated rings. The standard InChI is InChI=1S/C16H21N3O5/c20-15(17-11-5-2-1-3-6-11)12-7-4-10-18(12)16(21)13-8-9-14(24-13)19(22)23/h8-9,11-12H,1-7,10H2,(H,17,20). The van der Waals surface area contributed by atoms with Crippen molar-refractivity contribution >= 4 is 17.7 Å². The van der Waals surface area contributed by atoms with Gasteiger partial charge in [-0.15, -0.1) is 0 Å². The Kier molecular flexibility index (Phi) is 4.82. The molecule has 0 spiro atoms. The molecule has 1 aliphatic carbocycles. The van der Waals surface area contributed by atoms with E-state index in [-0.39, 0.29) is 17.7 Å². The SMILES string of the molecule is O=C(NC1CCCCC1)C1CCCN1C(=O)c1ccc([N+](=O)[O-])o1. The first-order chi connectivity index (χ1) is 11.6. The lowest BCUT2D eigenvalue weighted by molar-refractivity contribution is -0.402. The average Bonchev–Trinajstić information content (AvgIpc) is 3.25. The first-order valence-corrected chi connectivity index (χ1v) is 8.42. The van der Waals surface area contributed by atoms with E-state index in [1.165, 1.54) is 17.4 Å². The molecule has 0 radical (unpaired) electrons. The summed E-state index contributed by atoms with van der Waals surface area (Å²) in [6.45, 7) is 0.454. The van der Waals surface area contributed by atoms with Gasteiger partial charge in [0.05, 0.1) is 6.07 Å². The number of furan rings is 1. The number of hydrogen-bond donors (Lipinski definition) is 1. The number of amides is 2. The lowest BCUT2D eigenvalue weighted by Gasteiger charge is -2.27. The highest BCUT2D eigenvalue weighted by molar-refractivity contribution is 5.96. The molecule has 8 nitrogen and oxygen atoms in total. The first-order valence-electron chi connectivity index (χ1n) is 8.42. The summed E-state index contributed by atoms with van der Waals surface area (Å²) in [5.74, 6) is -1.17. The number of carbonyl (C=O) groups excluding carboxylic acids is 2. The summed E-state index contributed by atoms with van der Waals surface area (Å²) in [6.07, 6.45) is 6.75. The van der Waals surface area contributed by atoms with E-state index in [1.807, 2.05) is 0 Å². The number of nitrogens with zero attached hydrogens (tertiary/aromatic N) is 2. The zero-order valence-corrected chi connectivity index (χ0v) is 13.4. The molecule has 0 bridgehead atoms. The molecule has 1 aliphatic heterocycles. The highest BCUT2D eigenvalue weighted by Gasteiger charge is 2.37. The lowest BCUT2D eigenvalue weighted by Crippen LogP contribution is -2.49. The number of nitro groups is 1. The van der Waals surface area contributed by atoms with E-state index in [1.54, 1.807) is 0 Å². The van der Waals surface area contributed by atoms with E-state index < -0.39 is 22.8 Å². The Morgan fingerprint density at radius 3 is 2.58 bits per heavy atom. The highest BCUT2D eigenvalue weighted by Crippen LogP contribution is 2.24. The topological polar surface area (TPSA) is 106 Å². The summed E-state index contributed by atoms with van der Waals surface area (Å²) in [5, 5.41) is 13.7. The number of rotatable bonds is 4.